The first-order chi connectivity index (χ1) is 15.2. The molecule has 0 radical (unpaired) electrons. The Morgan fingerprint density at radius 2 is 1.84 bits per heavy atom. The van der Waals surface area contributed by atoms with Gasteiger partial charge in [0.15, 0.2) is 0 Å². The maximum Gasteiger partial charge on any atom is 0.220 e. The molecular weight excluding hydrogens is 387 g/mol. The van der Waals surface area contributed by atoms with Crippen LogP contribution < -0.4 is 5.32 Å². The van der Waals surface area contributed by atoms with Crippen molar-refractivity contribution in [3.8, 4) is 0 Å². The molecule has 4 heteroatoms. The van der Waals surface area contributed by atoms with E-state index in [9.17, 15) is 9.18 Å². The number of aryl methyl sites for hydroxylation is 1. The van der Waals surface area contributed by atoms with Crippen LogP contribution in [-0.4, -0.2) is 17.4 Å². The van der Waals surface area contributed by atoms with Gasteiger partial charge >= 0.3 is 0 Å². The lowest BCUT2D eigenvalue weighted by atomic mass is 9.87. The molecule has 1 atom stereocenters. The molecule has 158 valence electrons. The molecule has 2 N–H and O–H groups in total. The summed E-state index contributed by atoms with van der Waals surface area (Å²) in [6, 6.07) is 22.9. The minimum Gasteiger partial charge on any atom is -0.361 e. The van der Waals surface area contributed by atoms with Gasteiger partial charge in [0.05, 0.1) is 0 Å². The summed E-state index contributed by atoms with van der Waals surface area (Å²) in [7, 11) is 0. The van der Waals surface area contributed by atoms with Gasteiger partial charge in [-0.2, -0.15) is 0 Å². The third-order valence-corrected chi connectivity index (χ3v) is 5.81. The fourth-order valence-corrected chi connectivity index (χ4v) is 4.20. The monoisotopic (exact) mass is 414 g/mol. The molecule has 31 heavy (non-hydrogen) atoms. The fraction of sp³-hybridized carbons (Fsp3) is 0.222. The van der Waals surface area contributed by atoms with Crippen LogP contribution >= 0.6 is 0 Å². The molecule has 3 nitrogen and oxygen atoms in total. The molecule has 0 saturated heterocycles. The molecule has 0 aliphatic rings. The molecule has 4 rings (SSSR count). The first kappa shape index (κ1) is 20.9. The number of fused-ring (bicyclic) bond motifs is 1. The zero-order valence-corrected chi connectivity index (χ0v) is 17.7. The molecule has 0 fully saturated rings. The van der Waals surface area contributed by atoms with Crippen molar-refractivity contribution in [1.82, 2.24) is 10.3 Å². The summed E-state index contributed by atoms with van der Waals surface area (Å²) in [5.74, 6) is -0.555. The van der Waals surface area contributed by atoms with Crippen LogP contribution in [0.15, 0.2) is 79.0 Å². The number of hydrogen-bond donors (Lipinski definition) is 2. The highest BCUT2D eigenvalue weighted by Gasteiger charge is 2.22. The number of aromatic amines is 1. The van der Waals surface area contributed by atoms with E-state index in [1.165, 1.54) is 23.3 Å². The lowest BCUT2D eigenvalue weighted by Gasteiger charge is -2.17. The highest BCUT2D eigenvalue weighted by molar-refractivity contribution is 5.88. The van der Waals surface area contributed by atoms with Crippen molar-refractivity contribution < 1.29 is 9.18 Å². The number of para-hydroxylation sites is 1. The van der Waals surface area contributed by atoms with Gasteiger partial charge in [-0.15, -0.1) is 0 Å². The van der Waals surface area contributed by atoms with Gasteiger partial charge in [0, 0.05) is 36.0 Å². The Balaban J connectivity index is 1.58. The molecule has 0 bridgehead atoms. The summed E-state index contributed by atoms with van der Waals surface area (Å²) in [5.41, 5.74) is 5.34. The second-order valence-electron chi connectivity index (χ2n) is 7.83. The molecule has 0 unspecified atom stereocenters. The minimum absolute atomic E-state index is 0.0359. The Kier molecular flexibility index (Phi) is 6.46. The highest BCUT2D eigenvalue weighted by Crippen LogP contribution is 2.34. The van der Waals surface area contributed by atoms with Gasteiger partial charge in [-0.1, -0.05) is 67.6 Å². The SMILES string of the molecule is CCc1cccc2c([C@H](CC(=O)NCCc3ccccc3)c3cccc(F)c3)c[nH]c12. The van der Waals surface area contributed by atoms with Crippen LogP contribution in [-0.2, 0) is 17.6 Å². The largest absolute Gasteiger partial charge is 0.361 e. The number of nitrogens with one attached hydrogen (secondary N) is 2. The fourth-order valence-electron chi connectivity index (χ4n) is 4.20. The third-order valence-electron chi connectivity index (χ3n) is 5.81. The summed E-state index contributed by atoms with van der Waals surface area (Å²) < 4.78 is 14.0. The average molecular weight is 415 g/mol. The second-order valence-corrected chi connectivity index (χ2v) is 7.83. The van der Waals surface area contributed by atoms with Crippen molar-refractivity contribution in [2.45, 2.75) is 32.1 Å². The minimum atomic E-state index is -0.291. The first-order valence-corrected chi connectivity index (χ1v) is 10.8. The smallest absolute Gasteiger partial charge is 0.220 e. The molecule has 1 aromatic heterocycles. The van der Waals surface area contributed by atoms with E-state index in [0.717, 1.165) is 34.9 Å². The predicted molar refractivity (Wildman–Crippen MR) is 124 cm³/mol. The predicted octanol–water partition coefficient (Wildman–Crippen LogP) is 5.75. The lowest BCUT2D eigenvalue weighted by molar-refractivity contribution is -0.121. The van der Waals surface area contributed by atoms with Crippen LogP contribution in [0.4, 0.5) is 4.39 Å². The number of aromatic nitrogens is 1. The Morgan fingerprint density at radius 1 is 1.03 bits per heavy atom. The van der Waals surface area contributed by atoms with Gasteiger partial charge < -0.3 is 10.3 Å². The lowest BCUT2D eigenvalue weighted by Crippen LogP contribution is -2.27. The van der Waals surface area contributed by atoms with Crippen LogP contribution in [0.25, 0.3) is 10.9 Å². The van der Waals surface area contributed by atoms with E-state index in [0.29, 0.717) is 6.54 Å². The zero-order chi connectivity index (χ0) is 21.6. The number of carbonyl (C=O) groups excluding carboxylic acids is 1. The average Bonchev–Trinajstić information content (AvgIpc) is 3.22. The molecular formula is C27H27FN2O. The van der Waals surface area contributed by atoms with Gasteiger partial charge in [0.2, 0.25) is 5.91 Å². The van der Waals surface area contributed by atoms with Gasteiger partial charge in [-0.05, 0) is 47.2 Å². The normalized spacial score (nSPS) is 12.1. The van der Waals surface area contributed by atoms with Crippen LogP contribution in [0.1, 0.15) is 41.5 Å². The first-order valence-electron chi connectivity index (χ1n) is 10.8. The molecule has 0 saturated carbocycles. The number of H-pyrrole nitrogens is 1. The number of halogens is 1. The van der Waals surface area contributed by atoms with Crippen LogP contribution in [0.3, 0.4) is 0 Å². The van der Waals surface area contributed by atoms with Crippen molar-refractivity contribution in [3.05, 3.63) is 107 Å². The third kappa shape index (κ3) is 4.85. The van der Waals surface area contributed by atoms with E-state index < -0.39 is 0 Å². The van der Waals surface area contributed by atoms with E-state index >= 15 is 0 Å². The summed E-state index contributed by atoms with van der Waals surface area (Å²) in [6.45, 7) is 2.70. The van der Waals surface area contributed by atoms with Gasteiger partial charge in [0.1, 0.15) is 5.82 Å². The Bertz CT molecular complexity index is 1170. The summed E-state index contributed by atoms with van der Waals surface area (Å²) >= 11 is 0. The van der Waals surface area contributed by atoms with Crippen LogP contribution in [0.2, 0.25) is 0 Å². The highest BCUT2D eigenvalue weighted by atomic mass is 19.1. The van der Waals surface area contributed by atoms with Crippen LogP contribution in [0, 0.1) is 5.82 Å². The van der Waals surface area contributed by atoms with Gasteiger partial charge in [0.25, 0.3) is 0 Å². The van der Waals surface area contributed by atoms with Gasteiger partial charge in [-0.3, -0.25) is 4.79 Å². The maximum absolute atomic E-state index is 14.0. The maximum atomic E-state index is 14.0. The van der Waals surface area contributed by atoms with Crippen LogP contribution in [0.5, 0.6) is 0 Å². The number of hydrogen-bond acceptors (Lipinski definition) is 1. The zero-order valence-electron chi connectivity index (χ0n) is 17.7. The van der Waals surface area contributed by atoms with E-state index in [1.54, 1.807) is 6.07 Å². The second kappa shape index (κ2) is 9.61. The quantitative estimate of drug-likeness (QED) is 0.379. The van der Waals surface area contributed by atoms with E-state index in [-0.39, 0.29) is 24.1 Å². The topological polar surface area (TPSA) is 44.9 Å². The Labute approximate surface area is 182 Å². The summed E-state index contributed by atoms with van der Waals surface area (Å²) in [6.07, 6.45) is 3.93. The molecule has 3 aromatic carbocycles. The van der Waals surface area contributed by atoms with E-state index in [4.69, 9.17) is 0 Å². The number of benzene rings is 3. The number of rotatable bonds is 8. The molecule has 0 aliphatic carbocycles. The number of amides is 1. The van der Waals surface area contributed by atoms with Crippen molar-refractivity contribution in [2.24, 2.45) is 0 Å². The van der Waals surface area contributed by atoms with Crippen molar-refractivity contribution in [2.75, 3.05) is 6.54 Å². The van der Waals surface area contributed by atoms with E-state index in [2.05, 4.69) is 41.5 Å². The Hall–Kier alpha value is -3.40. The van der Waals surface area contributed by atoms with E-state index in [1.807, 2.05) is 36.5 Å². The van der Waals surface area contributed by atoms with Crippen molar-refractivity contribution >= 4 is 16.8 Å². The standard InChI is InChI=1S/C27H27FN2O/c1-2-20-10-7-13-23-25(18-30-27(20)23)24(21-11-6-12-22(28)16-21)17-26(31)29-15-14-19-8-4-3-5-9-19/h3-13,16,18,24,30H,2,14-15,17H2,1H3,(H,29,31)/t24-/m1/s1. The molecule has 4 aromatic rings. The molecule has 1 amide bonds. The van der Waals surface area contributed by atoms with Crippen molar-refractivity contribution in [1.29, 1.82) is 0 Å². The summed E-state index contributed by atoms with van der Waals surface area (Å²) in [5, 5.41) is 4.12. The summed E-state index contributed by atoms with van der Waals surface area (Å²) in [4.78, 5) is 16.2. The van der Waals surface area contributed by atoms with Gasteiger partial charge in [-0.25, -0.2) is 4.39 Å². The Morgan fingerprint density at radius 3 is 2.61 bits per heavy atom. The number of carbonyl (C=O) groups is 1. The molecule has 1 heterocycles. The molecule has 0 aliphatic heterocycles. The van der Waals surface area contributed by atoms with Crippen molar-refractivity contribution in [3.63, 3.8) is 0 Å². The molecule has 0 spiro atoms.